The Kier molecular flexibility index (Phi) is 3.55. The zero-order chi connectivity index (χ0) is 15.7. The van der Waals surface area contributed by atoms with Crippen LogP contribution in [0.1, 0.15) is 5.82 Å². The average molecular weight is 296 g/mol. The van der Waals surface area contributed by atoms with Crippen LogP contribution in [-0.4, -0.2) is 23.8 Å². The number of fused-ring (bicyclic) bond motifs is 1. The van der Waals surface area contributed by atoms with Crippen LogP contribution in [0.4, 0.5) is 0 Å². The van der Waals surface area contributed by atoms with E-state index in [0.29, 0.717) is 33.9 Å². The molecule has 0 N–H and O–H groups in total. The summed E-state index contributed by atoms with van der Waals surface area (Å²) in [5.41, 5.74) is 1.09. The molecule has 5 nitrogen and oxygen atoms in total. The Morgan fingerprint density at radius 2 is 1.59 bits per heavy atom. The van der Waals surface area contributed by atoms with E-state index in [1.807, 2.05) is 24.3 Å². The lowest BCUT2D eigenvalue weighted by molar-refractivity contribution is 0.390. The maximum absolute atomic E-state index is 12.9. The van der Waals surface area contributed by atoms with Gasteiger partial charge in [0.15, 0.2) is 0 Å². The summed E-state index contributed by atoms with van der Waals surface area (Å²) in [6.07, 6.45) is 0. The summed E-state index contributed by atoms with van der Waals surface area (Å²) in [6, 6.07) is 12.7. The normalized spacial score (nSPS) is 10.7. The third-order valence-electron chi connectivity index (χ3n) is 3.57. The van der Waals surface area contributed by atoms with E-state index in [1.165, 1.54) is 4.57 Å². The van der Waals surface area contributed by atoms with E-state index in [1.54, 1.807) is 39.3 Å². The number of aryl methyl sites for hydroxylation is 1. The molecule has 5 heteroatoms. The number of para-hydroxylation sites is 2. The van der Waals surface area contributed by atoms with Gasteiger partial charge in [0.1, 0.15) is 23.0 Å². The molecule has 0 saturated carbocycles. The fourth-order valence-electron chi connectivity index (χ4n) is 2.56. The van der Waals surface area contributed by atoms with Gasteiger partial charge in [-0.15, -0.1) is 0 Å². The first-order chi connectivity index (χ1) is 10.7. The van der Waals surface area contributed by atoms with Gasteiger partial charge >= 0.3 is 0 Å². The molecule has 0 aliphatic rings. The first kappa shape index (κ1) is 14.1. The molecule has 0 amide bonds. The van der Waals surface area contributed by atoms with Gasteiger partial charge in [0.2, 0.25) is 0 Å². The summed E-state index contributed by atoms with van der Waals surface area (Å²) in [5.74, 6) is 1.69. The zero-order valence-corrected chi connectivity index (χ0v) is 12.7. The van der Waals surface area contributed by atoms with Gasteiger partial charge in [-0.25, -0.2) is 4.98 Å². The summed E-state index contributed by atoms with van der Waals surface area (Å²) < 4.78 is 12.3. The van der Waals surface area contributed by atoms with Gasteiger partial charge in [-0.3, -0.25) is 9.36 Å². The Balaban J connectivity index is 2.44. The van der Waals surface area contributed by atoms with E-state index in [-0.39, 0.29) is 5.56 Å². The minimum Gasteiger partial charge on any atom is -0.494 e. The van der Waals surface area contributed by atoms with E-state index in [4.69, 9.17) is 9.47 Å². The second-order valence-electron chi connectivity index (χ2n) is 4.83. The van der Waals surface area contributed by atoms with Gasteiger partial charge in [-0.2, -0.15) is 0 Å². The first-order valence-electron chi connectivity index (χ1n) is 6.87. The highest BCUT2D eigenvalue weighted by molar-refractivity contribution is 5.78. The van der Waals surface area contributed by atoms with Crippen molar-refractivity contribution in [1.82, 2.24) is 9.55 Å². The van der Waals surface area contributed by atoms with Crippen molar-refractivity contribution in [3.05, 3.63) is 58.6 Å². The highest BCUT2D eigenvalue weighted by Crippen LogP contribution is 2.32. The minimum absolute atomic E-state index is 0.147. The molecule has 0 radical (unpaired) electrons. The Morgan fingerprint density at radius 1 is 0.955 bits per heavy atom. The molecule has 1 aromatic heterocycles. The van der Waals surface area contributed by atoms with Crippen molar-refractivity contribution in [2.45, 2.75) is 6.92 Å². The number of benzene rings is 2. The monoisotopic (exact) mass is 296 g/mol. The van der Waals surface area contributed by atoms with Crippen LogP contribution in [0, 0.1) is 6.92 Å². The van der Waals surface area contributed by atoms with Gasteiger partial charge in [0.05, 0.1) is 25.1 Å². The largest absolute Gasteiger partial charge is 0.494 e. The van der Waals surface area contributed by atoms with Crippen molar-refractivity contribution in [3.8, 4) is 17.2 Å². The van der Waals surface area contributed by atoms with Crippen molar-refractivity contribution >= 4 is 10.9 Å². The third kappa shape index (κ3) is 2.11. The number of nitrogens with zero attached hydrogens (tertiary/aromatic N) is 2. The second-order valence-corrected chi connectivity index (χ2v) is 4.83. The van der Waals surface area contributed by atoms with E-state index in [9.17, 15) is 4.79 Å². The Hall–Kier alpha value is -2.82. The summed E-state index contributed by atoms with van der Waals surface area (Å²) in [5, 5.41) is 0.557. The van der Waals surface area contributed by atoms with Gasteiger partial charge in [-0.05, 0) is 31.2 Å². The molecule has 2 aromatic carbocycles. The SMILES string of the molecule is COc1cccc(OC)c1-n1c(C)nc2ccccc2c1=O. The van der Waals surface area contributed by atoms with E-state index >= 15 is 0 Å². The van der Waals surface area contributed by atoms with E-state index in [2.05, 4.69) is 4.98 Å². The molecule has 0 aliphatic heterocycles. The van der Waals surface area contributed by atoms with Gasteiger partial charge in [-0.1, -0.05) is 18.2 Å². The number of ether oxygens (including phenoxy) is 2. The minimum atomic E-state index is -0.147. The molecule has 3 aromatic rings. The van der Waals surface area contributed by atoms with Gasteiger partial charge in [0.25, 0.3) is 5.56 Å². The summed E-state index contributed by atoms with van der Waals surface area (Å²) in [4.78, 5) is 17.4. The summed E-state index contributed by atoms with van der Waals surface area (Å²) in [6.45, 7) is 1.79. The summed E-state index contributed by atoms with van der Waals surface area (Å²) in [7, 11) is 3.13. The van der Waals surface area contributed by atoms with Crippen LogP contribution in [0.5, 0.6) is 11.5 Å². The number of methoxy groups -OCH3 is 2. The topological polar surface area (TPSA) is 53.4 Å². The predicted octanol–water partition coefficient (Wildman–Crippen LogP) is 2.71. The van der Waals surface area contributed by atoms with Crippen molar-refractivity contribution in [2.24, 2.45) is 0 Å². The molecule has 1 heterocycles. The molecule has 0 fully saturated rings. The molecule has 0 aliphatic carbocycles. The Morgan fingerprint density at radius 3 is 2.23 bits per heavy atom. The van der Waals surface area contributed by atoms with Crippen LogP contribution >= 0.6 is 0 Å². The zero-order valence-electron chi connectivity index (χ0n) is 12.7. The van der Waals surface area contributed by atoms with Crippen LogP contribution in [0.15, 0.2) is 47.3 Å². The highest BCUT2D eigenvalue weighted by Gasteiger charge is 2.17. The number of aromatic nitrogens is 2. The average Bonchev–Trinajstić information content (AvgIpc) is 2.55. The first-order valence-corrected chi connectivity index (χ1v) is 6.87. The van der Waals surface area contributed by atoms with Crippen LogP contribution in [-0.2, 0) is 0 Å². The lowest BCUT2D eigenvalue weighted by Gasteiger charge is -2.17. The van der Waals surface area contributed by atoms with Crippen molar-refractivity contribution < 1.29 is 9.47 Å². The molecular weight excluding hydrogens is 280 g/mol. The number of hydrogen-bond acceptors (Lipinski definition) is 4. The number of rotatable bonds is 3. The Labute approximate surface area is 127 Å². The van der Waals surface area contributed by atoms with Gasteiger partial charge < -0.3 is 9.47 Å². The predicted molar refractivity (Wildman–Crippen MR) is 85.2 cm³/mol. The molecule has 0 atom stereocenters. The maximum Gasteiger partial charge on any atom is 0.266 e. The van der Waals surface area contributed by atoms with Crippen molar-refractivity contribution in [1.29, 1.82) is 0 Å². The molecule has 3 rings (SSSR count). The van der Waals surface area contributed by atoms with Crippen LogP contribution in [0.2, 0.25) is 0 Å². The van der Waals surface area contributed by atoms with E-state index in [0.717, 1.165) is 0 Å². The Bertz CT molecular complexity index is 878. The fraction of sp³-hybridized carbons (Fsp3) is 0.176. The smallest absolute Gasteiger partial charge is 0.266 e. The lowest BCUT2D eigenvalue weighted by Crippen LogP contribution is -2.23. The lowest BCUT2D eigenvalue weighted by atomic mass is 10.2. The number of hydrogen-bond donors (Lipinski definition) is 0. The second kappa shape index (κ2) is 5.52. The standard InChI is InChI=1S/C17H16N2O3/c1-11-18-13-8-5-4-7-12(13)17(20)19(11)16-14(21-2)9-6-10-15(16)22-3/h4-10H,1-3H3. The molecule has 0 bridgehead atoms. The van der Waals surface area contributed by atoms with Crippen molar-refractivity contribution in [3.63, 3.8) is 0 Å². The maximum atomic E-state index is 12.9. The summed E-state index contributed by atoms with van der Waals surface area (Å²) >= 11 is 0. The van der Waals surface area contributed by atoms with Gasteiger partial charge in [0, 0.05) is 0 Å². The molecular formula is C17H16N2O3. The van der Waals surface area contributed by atoms with Crippen molar-refractivity contribution in [2.75, 3.05) is 14.2 Å². The van der Waals surface area contributed by atoms with Crippen LogP contribution < -0.4 is 15.0 Å². The van der Waals surface area contributed by atoms with Crippen LogP contribution in [0.25, 0.3) is 16.6 Å². The van der Waals surface area contributed by atoms with E-state index < -0.39 is 0 Å². The fourth-order valence-corrected chi connectivity index (χ4v) is 2.56. The molecule has 0 saturated heterocycles. The third-order valence-corrected chi connectivity index (χ3v) is 3.57. The highest BCUT2D eigenvalue weighted by atomic mass is 16.5. The molecule has 0 spiro atoms. The molecule has 22 heavy (non-hydrogen) atoms. The quantitative estimate of drug-likeness (QED) is 0.745. The van der Waals surface area contributed by atoms with Crippen LogP contribution in [0.3, 0.4) is 0 Å². The molecule has 112 valence electrons. The molecule has 0 unspecified atom stereocenters.